The number of allylic oxidation sites excluding steroid dienone is 2. The molecule has 0 bridgehead atoms. The fourth-order valence-corrected chi connectivity index (χ4v) is 12.0. The predicted octanol–water partition coefficient (Wildman–Crippen LogP) is 6.44. The van der Waals surface area contributed by atoms with E-state index in [1.807, 2.05) is 0 Å². The van der Waals surface area contributed by atoms with Gasteiger partial charge in [0.05, 0.1) is 11.5 Å². The van der Waals surface area contributed by atoms with Crippen molar-refractivity contribution in [1.29, 1.82) is 0 Å². The molecule has 214 valence electrons. The summed E-state index contributed by atoms with van der Waals surface area (Å²) >= 11 is 0. The Labute approximate surface area is 232 Å². The van der Waals surface area contributed by atoms with Crippen LogP contribution in [-0.4, -0.2) is 48.2 Å². The third kappa shape index (κ3) is 3.37. The van der Waals surface area contributed by atoms with E-state index in [0.29, 0.717) is 35.5 Å². The van der Waals surface area contributed by atoms with Crippen LogP contribution in [0.1, 0.15) is 106 Å². The Kier molecular flexibility index (Phi) is 6.33. The van der Waals surface area contributed by atoms with E-state index < -0.39 is 0 Å². The van der Waals surface area contributed by atoms with Crippen LogP contribution in [0.15, 0.2) is 11.6 Å². The number of nitrogens with one attached hydrogen (secondary N) is 1. The number of nitrogens with zero attached hydrogens (tertiary/aromatic N) is 1. The van der Waals surface area contributed by atoms with E-state index in [9.17, 15) is 9.90 Å². The number of aliphatic hydroxyl groups is 1. The van der Waals surface area contributed by atoms with E-state index in [-0.39, 0.29) is 33.2 Å². The highest BCUT2D eigenvalue weighted by Crippen LogP contribution is 2.75. The zero-order valence-corrected chi connectivity index (χ0v) is 25.5. The van der Waals surface area contributed by atoms with Crippen LogP contribution in [0.5, 0.6) is 0 Å². The van der Waals surface area contributed by atoms with Gasteiger partial charge in [-0.05, 0) is 109 Å². The molecule has 38 heavy (non-hydrogen) atoms. The van der Waals surface area contributed by atoms with Crippen LogP contribution in [0.4, 0.5) is 0 Å². The molecule has 4 saturated carbocycles. The topological polar surface area (TPSA) is 52.6 Å². The highest BCUT2D eigenvalue weighted by molar-refractivity contribution is 5.84. The number of hydrogen-bond donors (Lipinski definition) is 2. The first-order valence-electron chi connectivity index (χ1n) is 16.2. The van der Waals surface area contributed by atoms with Crippen LogP contribution in [0.25, 0.3) is 0 Å². The second kappa shape index (κ2) is 8.81. The molecule has 6 rings (SSSR count). The van der Waals surface area contributed by atoms with Crippen LogP contribution in [-0.2, 0) is 4.79 Å². The van der Waals surface area contributed by atoms with Gasteiger partial charge in [0.2, 0.25) is 5.91 Å². The quantitative estimate of drug-likeness (QED) is 0.388. The SMILES string of the molecule is C[C@H]1[C@H](C)CC[C@]2(C(=O)N3CCNCC3)CC[C@]3(C)C(=CC[C@@H]4[C@@]5(C)CC[C@H](O)C(C)(C)[C@@H]5CC[C@]43C)[C@H]12. The molecule has 4 nitrogen and oxygen atoms in total. The lowest BCUT2D eigenvalue weighted by molar-refractivity contribution is -0.205. The minimum Gasteiger partial charge on any atom is -0.393 e. The molecule has 2 N–H and O–H groups in total. The molecular formula is C34H56N2O2. The summed E-state index contributed by atoms with van der Waals surface area (Å²) in [5.74, 6) is 3.34. The molecule has 6 aliphatic rings. The van der Waals surface area contributed by atoms with Crippen molar-refractivity contribution in [1.82, 2.24) is 10.2 Å². The summed E-state index contributed by atoms with van der Waals surface area (Å²) in [4.78, 5) is 16.7. The molecule has 0 unspecified atom stereocenters. The minimum absolute atomic E-state index is 0.00994. The summed E-state index contributed by atoms with van der Waals surface area (Å²) in [6.45, 7) is 21.1. The zero-order valence-electron chi connectivity index (χ0n) is 25.5. The lowest BCUT2D eigenvalue weighted by Crippen LogP contribution is -2.66. The molecule has 5 fully saturated rings. The first kappa shape index (κ1) is 27.3. The molecule has 0 aromatic rings. The van der Waals surface area contributed by atoms with E-state index in [1.54, 1.807) is 5.57 Å². The van der Waals surface area contributed by atoms with Crippen molar-refractivity contribution in [3.05, 3.63) is 11.6 Å². The van der Waals surface area contributed by atoms with E-state index in [0.717, 1.165) is 64.7 Å². The lowest BCUT2D eigenvalue weighted by atomic mass is 9.33. The van der Waals surface area contributed by atoms with Crippen molar-refractivity contribution in [2.24, 2.45) is 56.7 Å². The van der Waals surface area contributed by atoms with Gasteiger partial charge in [0.15, 0.2) is 0 Å². The van der Waals surface area contributed by atoms with Crippen molar-refractivity contribution in [2.75, 3.05) is 26.2 Å². The van der Waals surface area contributed by atoms with Gasteiger partial charge in [0, 0.05) is 26.2 Å². The predicted molar refractivity (Wildman–Crippen MR) is 154 cm³/mol. The van der Waals surface area contributed by atoms with Crippen molar-refractivity contribution in [3.63, 3.8) is 0 Å². The molecule has 0 aromatic heterocycles. The summed E-state index contributed by atoms with van der Waals surface area (Å²) in [7, 11) is 0. The van der Waals surface area contributed by atoms with E-state index in [2.05, 4.69) is 64.8 Å². The van der Waals surface area contributed by atoms with Crippen molar-refractivity contribution < 1.29 is 9.90 Å². The minimum atomic E-state index is -0.199. The lowest BCUT2D eigenvalue weighted by Gasteiger charge is -2.71. The van der Waals surface area contributed by atoms with Crippen LogP contribution < -0.4 is 5.32 Å². The normalized spacial score (nSPS) is 52.1. The average molecular weight is 525 g/mol. The van der Waals surface area contributed by atoms with Crippen LogP contribution in [0.2, 0.25) is 0 Å². The monoisotopic (exact) mass is 524 g/mol. The van der Waals surface area contributed by atoms with Crippen molar-refractivity contribution >= 4 is 5.91 Å². The largest absolute Gasteiger partial charge is 0.393 e. The number of piperazine rings is 1. The third-order valence-electron chi connectivity index (χ3n) is 14.8. The van der Waals surface area contributed by atoms with Crippen LogP contribution >= 0.6 is 0 Å². The van der Waals surface area contributed by atoms with Gasteiger partial charge in [0.1, 0.15) is 0 Å². The average Bonchev–Trinajstić information content (AvgIpc) is 2.89. The van der Waals surface area contributed by atoms with Gasteiger partial charge < -0.3 is 15.3 Å². The highest BCUT2D eigenvalue weighted by atomic mass is 16.3. The maximum absolute atomic E-state index is 14.5. The fourth-order valence-electron chi connectivity index (χ4n) is 12.0. The summed E-state index contributed by atoms with van der Waals surface area (Å²) in [5.41, 5.74) is 2.16. The Balaban J connectivity index is 1.42. The van der Waals surface area contributed by atoms with Crippen molar-refractivity contribution in [3.8, 4) is 0 Å². The third-order valence-corrected chi connectivity index (χ3v) is 14.8. The summed E-state index contributed by atoms with van der Waals surface area (Å²) in [6, 6.07) is 0. The van der Waals surface area contributed by atoms with Gasteiger partial charge in [-0.1, -0.05) is 60.1 Å². The second-order valence-corrected chi connectivity index (χ2v) is 16.2. The number of amides is 1. The number of aliphatic hydroxyl groups excluding tert-OH is 1. The Hall–Kier alpha value is -0.870. The molecule has 1 heterocycles. The maximum atomic E-state index is 14.5. The molecule has 0 aromatic carbocycles. The van der Waals surface area contributed by atoms with Gasteiger partial charge in [-0.3, -0.25) is 4.79 Å². The number of rotatable bonds is 1. The Morgan fingerprint density at radius 1 is 0.921 bits per heavy atom. The molecule has 4 heteroatoms. The van der Waals surface area contributed by atoms with Crippen LogP contribution in [0.3, 0.4) is 0 Å². The van der Waals surface area contributed by atoms with Gasteiger partial charge in [-0.15, -0.1) is 0 Å². The molecule has 1 saturated heterocycles. The van der Waals surface area contributed by atoms with E-state index in [4.69, 9.17) is 0 Å². The summed E-state index contributed by atoms with van der Waals surface area (Å²) in [5, 5.41) is 14.5. The molecule has 5 aliphatic carbocycles. The molecule has 0 radical (unpaired) electrons. The highest BCUT2D eigenvalue weighted by Gasteiger charge is 2.69. The number of carbonyl (C=O) groups is 1. The van der Waals surface area contributed by atoms with Gasteiger partial charge in [0.25, 0.3) is 0 Å². The molecule has 1 aliphatic heterocycles. The van der Waals surface area contributed by atoms with Crippen molar-refractivity contribution in [2.45, 2.75) is 112 Å². The smallest absolute Gasteiger partial charge is 0.229 e. The zero-order chi connectivity index (χ0) is 27.3. The van der Waals surface area contributed by atoms with Crippen LogP contribution in [0, 0.1) is 56.7 Å². The van der Waals surface area contributed by atoms with Gasteiger partial charge in [-0.2, -0.15) is 0 Å². The first-order valence-corrected chi connectivity index (χ1v) is 16.2. The Morgan fingerprint density at radius 3 is 2.34 bits per heavy atom. The fraction of sp³-hybridized carbons (Fsp3) is 0.912. The van der Waals surface area contributed by atoms with Gasteiger partial charge >= 0.3 is 0 Å². The Bertz CT molecular complexity index is 998. The van der Waals surface area contributed by atoms with E-state index >= 15 is 0 Å². The second-order valence-electron chi connectivity index (χ2n) is 16.2. The molecule has 0 spiro atoms. The summed E-state index contributed by atoms with van der Waals surface area (Å²) < 4.78 is 0. The molecule has 10 atom stereocenters. The van der Waals surface area contributed by atoms with Gasteiger partial charge in [-0.25, -0.2) is 0 Å². The number of carbonyl (C=O) groups excluding carboxylic acids is 1. The number of hydrogen-bond acceptors (Lipinski definition) is 3. The Morgan fingerprint density at radius 2 is 1.63 bits per heavy atom. The first-order chi connectivity index (χ1) is 17.8. The molecular weight excluding hydrogens is 468 g/mol. The summed E-state index contributed by atoms with van der Waals surface area (Å²) in [6.07, 6.45) is 12.8. The maximum Gasteiger partial charge on any atom is 0.229 e. The number of fused-ring (bicyclic) bond motifs is 7. The van der Waals surface area contributed by atoms with E-state index in [1.165, 1.54) is 19.3 Å². The standard InChI is InChI=1S/C34H56N2O2/c1-22-10-15-34(29(38)36-20-18-35-19-21-36)17-16-32(6)24(28(34)23(22)2)8-9-26-31(5)13-12-27(37)30(3,4)25(31)11-14-33(26,32)7/h8,22-23,25-28,35,37H,9-21H2,1-7H3/t22-,23+,25+,26-,27+,28+,31+,32-,33-,34+/m1/s1. The molecule has 1 amide bonds.